The summed E-state index contributed by atoms with van der Waals surface area (Å²) < 4.78 is 0.943. The summed E-state index contributed by atoms with van der Waals surface area (Å²) in [6.45, 7) is 4.15. The number of rotatable bonds is 3. The van der Waals surface area contributed by atoms with E-state index in [1.54, 1.807) is 0 Å². The lowest BCUT2D eigenvalue weighted by Crippen LogP contribution is -2.47. The average molecular weight is 336 g/mol. The Kier molecular flexibility index (Phi) is 4.56. The van der Waals surface area contributed by atoms with Gasteiger partial charge in [0.15, 0.2) is 0 Å². The molecule has 1 fully saturated rings. The number of hydrogen-bond acceptors (Lipinski definition) is 2. The Bertz CT molecular complexity index is 524. The van der Waals surface area contributed by atoms with E-state index in [-0.39, 0.29) is 0 Å². The van der Waals surface area contributed by atoms with Gasteiger partial charge in [-0.1, -0.05) is 54.8 Å². The molecule has 2 rings (SSSR count). The maximum absolute atomic E-state index is 11.4. The first-order valence-corrected chi connectivity index (χ1v) is 8.16. The van der Waals surface area contributed by atoms with E-state index >= 15 is 0 Å². The molecule has 3 atom stereocenters. The van der Waals surface area contributed by atoms with Crippen LogP contribution in [0.4, 0.5) is 0 Å². The van der Waals surface area contributed by atoms with Crippen molar-refractivity contribution in [3.05, 3.63) is 34.3 Å². The van der Waals surface area contributed by atoms with Crippen molar-refractivity contribution in [2.45, 2.75) is 51.6 Å². The lowest BCUT2D eigenvalue weighted by atomic mass is 9.59. The molecule has 1 aliphatic rings. The summed E-state index contributed by atoms with van der Waals surface area (Å²) in [7, 11) is 0. The Hall–Kier alpha value is -0.850. The Morgan fingerprint density at radius 3 is 2.85 bits per heavy atom. The van der Waals surface area contributed by atoms with Gasteiger partial charge in [0.2, 0.25) is 0 Å². The van der Waals surface area contributed by atoms with Crippen molar-refractivity contribution >= 4 is 15.9 Å². The molecule has 0 spiro atoms. The molecule has 0 aliphatic heterocycles. The van der Waals surface area contributed by atoms with E-state index in [4.69, 9.17) is 0 Å². The van der Waals surface area contributed by atoms with Crippen LogP contribution < -0.4 is 0 Å². The maximum Gasteiger partial charge on any atom is 0.108 e. The van der Waals surface area contributed by atoms with Crippen molar-refractivity contribution in [3.63, 3.8) is 0 Å². The molecule has 1 N–H and O–H groups in total. The second kappa shape index (κ2) is 5.87. The van der Waals surface area contributed by atoms with Crippen molar-refractivity contribution < 1.29 is 5.11 Å². The van der Waals surface area contributed by atoms with Crippen LogP contribution in [-0.2, 0) is 5.60 Å². The van der Waals surface area contributed by atoms with Gasteiger partial charge >= 0.3 is 0 Å². The first-order valence-electron chi connectivity index (χ1n) is 7.37. The summed E-state index contributed by atoms with van der Waals surface area (Å²) in [5, 5.41) is 21.2. The van der Waals surface area contributed by atoms with Crippen LogP contribution in [0.15, 0.2) is 28.7 Å². The molecule has 1 saturated carbocycles. The minimum Gasteiger partial charge on any atom is -0.383 e. The van der Waals surface area contributed by atoms with Crippen LogP contribution in [0.5, 0.6) is 0 Å². The van der Waals surface area contributed by atoms with Gasteiger partial charge in [-0.3, -0.25) is 0 Å². The van der Waals surface area contributed by atoms with Crippen molar-refractivity contribution in [1.82, 2.24) is 0 Å². The van der Waals surface area contributed by atoms with E-state index in [0.29, 0.717) is 12.3 Å². The molecule has 0 amide bonds. The lowest BCUT2D eigenvalue weighted by molar-refractivity contribution is -0.0899. The van der Waals surface area contributed by atoms with Crippen LogP contribution in [0, 0.1) is 22.7 Å². The number of halogens is 1. The molecule has 0 radical (unpaired) electrons. The van der Waals surface area contributed by atoms with E-state index in [2.05, 4.69) is 28.9 Å². The monoisotopic (exact) mass is 335 g/mol. The fourth-order valence-corrected chi connectivity index (χ4v) is 4.08. The van der Waals surface area contributed by atoms with Crippen LogP contribution in [0.3, 0.4) is 0 Å². The van der Waals surface area contributed by atoms with Gasteiger partial charge in [-0.25, -0.2) is 0 Å². The van der Waals surface area contributed by atoms with Crippen LogP contribution in [0.25, 0.3) is 0 Å². The van der Waals surface area contributed by atoms with E-state index in [1.165, 1.54) is 0 Å². The van der Waals surface area contributed by atoms with Crippen molar-refractivity contribution in [2.24, 2.45) is 11.3 Å². The fourth-order valence-electron chi connectivity index (χ4n) is 3.69. The van der Waals surface area contributed by atoms with E-state index < -0.39 is 11.0 Å². The molecular weight excluding hydrogens is 314 g/mol. The summed E-state index contributed by atoms with van der Waals surface area (Å²) in [4.78, 5) is 0. The Morgan fingerprint density at radius 2 is 2.30 bits per heavy atom. The highest BCUT2D eigenvalue weighted by atomic mass is 79.9. The SMILES string of the molecule is CCC(O)(c1cccc(Br)c1)C1(C#N)CCCC(C)C1. The molecule has 108 valence electrons. The predicted octanol–water partition coefficient (Wildman–Crippen LogP) is 4.77. The number of benzene rings is 1. The van der Waals surface area contributed by atoms with Gasteiger partial charge in [-0.2, -0.15) is 5.26 Å². The third-order valence-electron chi connectivity index (χ3n) is 4.82. The zero-order valence-electron chi connectivity index (χ0n) is 12.2. The highest BCUT2D eigenvalue weighted by Crippen LogP contribution is 2.52. The standard InChI is InChI=1S/C17H22BrNO/c1-3-17(20,14-7-4-8-15(18)10-14)16(12-19)9-5-6-13(2)11-16/h4,7-8,10,13,20H,3,5-6,9,11H2,1-2H3. The molecule has 1 aliphatic carbocycles. The molecular formula is C17H22BrNO. The van der Waals surface area contributed by atoms with Crippen LogP contribution in [-0.4, -0.2) is 5.11 Å². The van der Waals surface area contributed by atoms with Crippen molar-refractivity contribution in [1.29, 1.82) is 5.26 Å². The largest absolute Gasteiger partial charge is 0.383 e. The topological polar surface area (TPSA) is 44.0 Å². The van der Waals surface area contributed by atoms with E-state index in [1.807, 2.05) is 31.2 Å². The third-order valence-corrected chi connectivity index (χ3v) is 5.31. The molecule has 0 heterocycles. The summed E-state index contributed by atoms with van der Waals surface area (Å²) in [6, 6.07) is 10.2. The Labute approximate surface area is 129 Å². The predicted molar refractivity (Wildman–Crippen MR) is 84.0 cm³/mol. The maximum atomic E-state index is 11.4. The minimum absolute atomic E-state index is 0.494. The van der Waals surface area contributed by atoms with Crippen LogP contribution in [0.2, 0.25) is 0 Å². The van der Waals surface area contributed by atoms with Crippen LogP contribution in [0.1, 0.15) is 51.5 Å². The highest BCUT2D eigenvalue weighted by molar-refractivity contribution is 9.10. The van der Waals surface area contributed by atoms with Gasteiger partial charge in [0, 0.05) is 4.47 Å². The molecule has 0 aromatic heterocycles. The molecule has 0 bridgehead atoms. The lowest BCUT2D eigenvalue weighted by Gasteiger charge is -2.46. The number of aliphatic hydroxyl groups is 1. The Balaban J connectivity index is 2.50. The number of nitrogens with zero attached hydrogens (tertiary/aromatic N) is 1. The van der Waals surface area contributed by atoms with Gasteiger partial charge in [0.25, 0.3) is 0 Å². The van der Waals surface area contributed by atoms with Gasteiger partial charge in [0.1, 0.15) is 5.60 Å². The minimum atomic E-state index is -1.07. The molecule has 1 aromatic carbocycles. The molecule has 3 unspecified atom stereocenters. The molecule has 2 nitrogen and oxygen atoms in total. The first kappa shape index (κ1) is 15.5. The molecule has 20 heavy (non-hydrogen) atoms. The Morgan fingerprint density at radius 1 is 1.55 bits per heavy atom. The second-order valence-electron chi connectivity index (χ2n) is 6.12. The zero-order chi connectivity index (χ0) is 14.8. The number of nitriles is 1. The third kappa shape index (κ3) is 2.52. The number of hydrogen-bond donors (Lipinski definition) is 1. The van der Waals surface area contributed by atoms with Gasteiger partial charge in [0.05, 0.1) is 11.5 Å². The van der Waals surface area contributed by atoms with Crippen molar-refractivity contribution in [2.75, 3.05) is 0 Å². The molecule has 0 saturated heterocycles. The fraction of sp³-hybridized carbons (Fsp3) is 0.588. The second-order valence-corrected chi connectivity index (χ2v) is 7.04. The normalized spacial score (nSPS) is 29.4. The quantitative estimate of drug-likeness (QED) is 0.864. The average Bonchev–Trinajstić information content (AvgIpc) is 2.46. The zero-order valence-corrected chi connectivity index (χ0v) is 13.8. The van der Waals surface area contributed by atoms with E-state index in [9.17, 15) is 10.4 Å². The van der Waals surface area contributed by atoms with Gasteiger partial charge in [-0.15, -0.1) is 0 Å². The highest BCUT2D eigenvalue weighted by Gasteiger charge is 2.52. The van der Waals surface area contributed by atoms with Gasteiger partial charge in [-0.05, 0) is 42.9 Å². The smallest absolute Gasteiger partial charge is 0.108 e. The van der Waals surface area contributed by atoms with Crippen molar-refractivity contribution in [3.8, 4) is 6.07 Å². The van der Waals surface area contributed by atoms with Crippen LogP contribution >= 0.6 is 15.9 Å². The summed E-state index contributed by atoms with van der Waals surface area (Å²) in [6.07, 6.45) is 4.29. The summed E-state index contributed by atoms with van der Waals surface area (Å²) in [5.41, 5.74) is -0.884. The molecule has 1 aromatic rings. The van der Waals surface area contributed by atoms with Gasteiger partial charge < -0.3 is 5.11 Å². The summed E-state index contributed by atoms with van der Waals surface area (Å²) >= 11 is 3.47. The molecule has 3 heteroatoms. The summed E-state index contributed by atoms with van der Waals surface area (Å²) in [5.74, 6) is 0.494. The first-order chi connectivity index (χ1) is 9.47. The van der Waals surface area contributed by atoms with E-state index in [0.717, 1.165) is 35.7 Å².